The van der Waals surface area contributed by atoms with E-state index in [0.717, 1.165) is 31.7 Å². The van der Waals surface area contributed by atoms with Crippen LogP contribution in [0.15, 0.2) is 42.6 Å². The largest absolute Gasteiger partial charge is 0.490 e. The zero-order chi connectivity index (χ0) is 17.4. The van der Waals surface area contributed by atoms with Gasteiger partial charge in [0.15, 0.2) is 0 Å². The molecular weight excluding hydrogens is 314 g/mol. The Kier molecular flexibility index (Phi) is 4.24. The fourth-order valence-electron chi connectivity index (χ4n) is 4.26. The highest BCUT2D eigenvalue weighted by atomic mass is 16.5. The minimum Gasteiger partial charge on any atom is -0.490 e. The van der Waals surface area contributed by atoms with Crippen LogP contribution in [-0.2, 0) is 0 Å². The van der Waals surface area contributed by atoms with E-state index in [0.29, 0.717) is 17.5 Å². The molecular formula is C20H25N3O2. The lowest BCUT2D eigenvalue weighted by Gasteiger charge is -2.22. The van der Waals surface area contributed by atoms with Crippen LogP contribution in [0.2, 0.25) is 0 Å². The van der Waals surface area contributed by atoms with E-state index in [-0.39, 0.29) is 18.1 Å². The molecule has 1 amide bonds. The number of para-hydroxylation sites is 1. The van der Waals surface area contributed by atoms with Crippen molar-refractivity contribution in [3.8, 4) is 5.75 Å². The molecule has 4 rings (SSSR count). The first-order valence-corrected chi connectivity index (χ1v) is 9.18. The number of carbonyl (C=O) groups excluding carboxylic acids is 1. The van der Waals surface area contributed by atoms with Crippen LogP contribution in [0.25, 0.3) is 0 Å². The third-order valence-electron chi connectivity index (χ3n) is 5.49. The maximum absolute atomic E-state index is 13.0. The lowest BCUT2D eigenvalue weighted by molar-refractivity contribution is 0.0748. The van der Waals surface area contributed by atoms with Gasteiger partial charge in [-0.3, -0.25) is 9.48 Å². The highest BCUT2D eigenvalue weighted by Crippen LogP contribution is 2.40. The van der Waals surface area contributed by atoms with Crippen LogP contribution in [0.1, 0.15) is 43.2 Å². The van der Waals surface area contributed by atoms with Crippen molar-refractivity contribution in [2.45, 2.75) is 38.8 Å². The topological polar surface area (TPSA) is 47.4 Å². The number of carbonyl (C=O) groups is 1. The summed E-state index contributed by atoms with van der Waals surface area (Å²) in [5.74, 6) is 2.00. The average molecular weight is 339 g/mol. The molecule has 1 saturated carbocycles. The molecule has 1 aromatic heterocycles. The zero-order valence-electron chi connectivity index (χ0n) is 14.8. The lowest BCUT2D eigenvalue weighted by atomic mass is 9.99. The summed E-state index contributed by atoms with van der Waals surface area (Å²) in [6, 6.07) is 12.0. The van der Waals surface area contributed by atoms with Gasteiger partial charge in [-0.25, -0.2) is 0 Å². The SMILES string of the molecule is CC(C)n1nccc1C(=O)N1C[C@@H]2CC[C@H](Oc3ccccc3)[C@@H]2C1. The molecule has 2 aliphatic rings. The highest BCUT2D eigenvalue weighted by Gasteiger charge is 2.45. The molecule has 1 aliphatic carbocycles. The number of benzene rings is 1. The van der Waals surface area contributed by atoms with Gasteiger partial charge in [0.2, 0.25) is 0 Å². The predicted molar refractivity (Wildman–Crippen MR) is 95.6 cm³/mol. The van der Waals surface area contributed by atoms with Crippen molar-refractivity contribution in [3.05, 3.63) is 48.3 Å². The summed E-state index contributed by atoms with van der Waals surface area (Å²) in [4.78, 5) is 14.9. The fourth-order valence-corrected chi connectivity index (χ4v) is 4.26. The second kappa shape index (κ2) is 6.54. The number of nitrogens with zero attached hydrogens (tertiary/aromatic N) is 3. The van der Waals surface area contributed by atoms with Gasteiger partial charge < -0.3 is 9.64 Å². The molecule has 3 atom stereocenters. The molecule has 0 bridgehead atoms. The third-order valence-corrected chi connectivity index (χ3v) is 5.49. The Labute approximate surface area is 148 Å². The summed E-state index contributed by atoms with van der Waals surface area (Å²) < 4.78 is 8.03. The minimum atomic E-state index is 0.0964. The van der Waals surface area contributed by atoms with Gasteiger partial charge in [0.1, 0.15) is 17.5 Å². The van der Waals surface area contributed by atoms with Crippen molar-refractivity contribution in [3.63, 3.8) is 0 Å². The second-order valence-electron chi connectivity index (χ2n) is 7.44. The van der Waals surface area contributed by atoms with E-state index in [2.05, 4.69) is 5.10 Å². The molecule has 0 radical (unpaired) electrons. The van der Waals surface area contributed by atoms with Crippen molar-refractivity contribution in [1.82, 2.24) is 14.7 Å². The lowest BCUT2D eigenvalue weighted by Crippen LogP contribution is -2.34. The van der Waals surface area contributed by atoms with Crippen LogP contribution < -0.4 is 4.74 Å². The van der Waals surface area contributed by atoms with Crippen LogP contribution in [0, 0.1) is 11.8 Å². The maximum Gasteiger partial charge on any atom is 0.272 e. The second-order valence-corrected chi connectivity index (χ2v) is 7.44. The maximum atomic E-state index is 13.0. The first kappa shape index (κ1) is 16.2. The van der Waals surface area contributed by atoms with E-state index in [1.807, 2.05) is 59.8 Å². The number of rotatable bonds is 4. The summed E-state index contributed by atoms with van der Waals surface area (Å²) >= 11 is 0. The molecule has 1 saturated heterocycles. The van der Waals surface area contributed by atoms with E-state index in [9.17, 15) is 4.79 Å². The third kappa shape index (κ3) is 3.03. The first-order chi connectivity index (χ1) is 12.1. The van der Waals surface area contributed by atoms with Crippen molar-refractivity contribution < 1.29 is 9.53 Å². The number of aromatic nitrogens is 2. The Morgan fingerprint density at radius 2 is 1.96 bits per heavy atom. The summed E-state index contributed by atoms with van der Waals surface area (Å²) in [5, 5.41) is 4.30. The highest BCUT2D eigenvalue weighted by molar-refractivity contribution is 5.92. The molecule has 0 unspecified atom stereocenters. The minimum absolute atomic E-state index is 0.0964. The zero-order valence-corrected chi connectivity index (χ0v) is 14.8. The van der Waals surface area contributed by atoms with Crippen molar-refractivity contribution >= 4 is 5.91 Å². The van der Waals surface area contributed by atoms with E-state index in [4.69, 9.17) is 4.74 Å². The molecule has 2 aromatic rings. The van der Waals surface area contributed by atoms with Crippen LogP contribution in [0.4, 0.5) is 0 Å². The van der Waals surface area contributed by atoms with Gasteiger partial charge in [-0.1, -0.05) is 18.2 Å². The normalized spacial score (nSPS) is 25.4. The summed E-state index contributed by atoms with van der Waals surface area (Å²) in [5.41, 5.74) is 0.690. The van der Waals surface area contributed by atoms with Crippen LogP contribution >= 0.6 is 0 Å². The Hall–Kier alpha value is -2.30. The molecule has 1 aromatic carbocycles. The summed E-state index contributed by atoms with van der Waals surface area (Å²) in [7, 11) is 0. The van der Waals surface area contributed by atoms with Crippen LogP contribution in [-0.4, -0.2) is 39.8 Å². The van der Waals surface area contributed by atoms with Crippen LogP contribution in [0.3, 0.4) is 0 Å². The molecule has 25 heavy (non-hydrogen) atoms. The number of ether oxygens (including phenoxy) is 1. The molecule has 5 nitrogen and oxygen atoms in total. The fraction of sp³-hybridized carbons (Fsp3) is 0.500. The molecule has 0 spiro atoms. The Morgan fingerprint density at radius 3 is 2.72 bits per heavy atom. The van der Waals surface area contributed by atoms with E-state index >= 15 is 0 Å². The van der Waals surface area contributed by atoms with Crippen molar-refractivity contribution in [1.29, 1.82) is 0 Å². The molecule has 0 N–H and O–H groups in total. The Morgan fingerprint density at radius 1 is 1.16 bits per heavy atom. The van der Waals surface area contributed by atoms with Gasteiger partial charge in [0.25, 0.3) is 5.91 Å². The molecule has 1 aliphatic heterocycles. The van der Waals surface area contributed by atoms with Crippen LogP contribution in [0.5, 0.6) is 5.75 Å². The number of hydrogen-bond donors (Lipinski definition) is 0. The predicted octanol–water partition coefficient (Wildman–Crippen LogP) is 3.39. The number of amides is 1. The average Bonchev–Trinajstić information content (AvgIpc) is 3.31. The molecule has 5 heteroatoms. The summed E-state index contributed by atoms with van der Waals surface area (Å²) in [6.07, 6.45) is 4.14. The number of hydrogen-bond acceptors (Lipinski definition) is 3. The standard InChI is InChI=1S/C20H25N3O2/c1-14(2)23-18(10-11-21-23)20(24)22-12-15-8-9-19(17(15)13-22)25-16-6-4-3-5-7-16/h3-7,10-11,14-15,17,19H,8-9,12-13H2,1-2H3/t15-,17+,19-/m0/s1. The Balaban J connectivity index is 1.45. The van der Waals surface area contributed by atoms with Gasteiger partial charge in [-0.2, -0.15) is 5.10 Å². The molecule has 2 fully saturated rings. The molecule has 2 heterocycles. The Bertz CT molecular complexity index is 740. The van der Waals surface area contributed by atoms with E-state index in [1.54, 1.807) is 6.20 Å². The van der Waals surface area contributed by atoms with Crippen molar-refractivity contribution in [2.75, 3.05) is 13.1 Å². The smallest absolute Gasteiger partial charge is 0.272 e. The van der Waals surface area contributed by atoms with E-state index < -0.39 is 0 Å². The van der Waals surface area contributed by atoms with Gasteiger partial charge in [-0.15, -0.1) is 0 Å². The van der Waals surface area contributed by atoms with Gasteiger partial charge in [0, 0.05) is 31.2 Å². The quantitative estimate of drug-likeness (QED) is 0.858. The summed E-state index contributed by atoms with van der Waals surface area (Å²) in [6.45, 7) is 5.71. The van der Waals surface area contributed by atoms with E-state index in [1.165, 1.54) is 0 Å². The first-order valence-electron chi connectivity index (χ1n) is 9.18. The monoisotopic (exact) mass is 339 g/mol. The van der Waals surface area contributed by atoms with Gasteiger partial charge in [-0.05, 0) is 50.8 Å². The van der Waals surface area contributed by atoms with Gasteiger partial charge >= 0.3 is 0 Å². The van der Waals surface area contributed by atoms with Crippen molar-refractivity contribution in [2.24, 2.45) is 11.8 Å². The molecule has 132 valence electrons. The number of likely N-dealkylation sites (tertiary alicyclic amines) is 1. The number of fused-ring (bicyclic) bond motifs is 1. The van der Waals surface area contributed by atoms with Gasteiger partial charge in [0.05, 0.1) is 0 Å².